The van der Waals surface area contributed by atoms with Crippen LogP contribution in [0.2, 0.25) is 5.02 Å². The van der Waals surface area contributed by atoms with Crippen molar-refractivity contribution < 1.29 is 14.0 Å². The molecule has 0 bridgehead atoms. The summed E-state index contributed by atoms with van der Waals surface area (Å²) in [5.41, 5.74) is 1.81. The molecule has 1 heterocycles. The van der Waals surface area contributed by atoms with Gasteiger partial charge in [-0.3, -0.25) is 9.59 Å². The Balaban J connectivity index is 1.84. The second kappa shape index (κ2) is 8.94. The van der Waals surface area contributed by atoms with Gasteiger partial charge in [-0.25, -0.2) is 4.39 Å². The Morgan fingerprint density at radius 1 is 1.29 bits per heavy atom. The van der Waals surface area contributed by atoms with E-state index >= 15 is 0 Å². The molecule has 1 N–H and O–H groups in total. The predicted molar refractivity (Wildman–Crippen MR) is 111 cm³/mol. The van der Waals surface area contributed by atoms with Gasteiger partial charge in [0.25, 0.3) is 5.91 Å². The van der Waals surface area contributed by atoms with Crippen molar-refractivity contribution in [1.29, 1.82) is 0 Å². The lowest BCUT2D eigenvalue weighted by atomic mass is 10.1. The molecule has 8 heteroatoms. The molecule has 0 unspecified atom stereocenters. The molecule has 2 amide bonds. The predicted octanol–water partition coefficient (Wildman–Crippen LogP) is 3.41. The second-order valence-corrected chi connectivity index (χ2v) is 8.17. The minimum absolute atomic E-state index is 0.0805. The van der Waals surface area contributed by atoms with Crippen molar-refractivity contribution in [1.82, 2.24) is 10.2 Å². The monoisotopic (exact) mass is 421 g/mol. The largest absolute Gasteiger partial charge is 0.351 e. The van der Waals surface area contributed by atoms with Crippen LogP contribution < -0.4 is 10.2 Å². The van der Waals surface area contributed by atoms with Gasteiger partial charge < -0.3 is 15.1 Å². The molecular weight excluding hydrogens is 401 g/mol. The van der Waals surface area contributed by atoms with E-state index in [2.05, 4.69) is 5.32 Å². The Morgan fingerprint density at radius 3 is 2.79 bits per heavy atom. The molecule has 0 aromatic heterocycles. The van der Waals surface area contributed by atoms with Crippen LogP contribution in [-0.2, 0) is 11.3 Å². The summed E-state index contributed by atoms with van der Waals surface area (Å²) in [6.07, 6.45) is 0. The standard InChI is InChI=1S/C20H21ClFN3O2S/c1-24(2)8-7-23-20(27)13-4-6-18-17(9-13)25(19(26)12-28-18)11-14-3-5-15(22)10-16(14)21/h3-6,9-10H,7-8,11-12H2,1-2H3,(H,23,27). The summed E-state index contributed by atoms with van der Waals surface area (Å²) in [5, 5.41) is 3.14. The summed E-state index contributed by atoms with van der Waals surface area (Å²) < 4.78 is 13.3. The van der Waals surface area contributed by atoms with Crippen molar-refractivity contribution in [3.05, 3.63) is 58.4 Å². The Morgan fingerprint density at radius 2 is 2.07 bits per heavy atom. The number of hydrogen-bond acceptors (Lipinski definition) is 4. The van der Waals surface area contributed by atoms with Gasteiger partial charge >= 0.3 is 0 Å². The van der Waals surface area contributed by atoms with Crippen LogP contribution in [0.25, 0.3) is 0 Å². The topological polar surface area (TPSA) is 52.7 Å². The maximum atomic E-state index is 13.3. The van der Waals surface area contributed by atoms with E-state index in [-0.39, 0.29) is 23.4 Å². The zero-order valence-electron chi connectivity index (χ0n) is 15.7. The molecule has 0 radical (unpaired) electrons. The van der Waals surface area contributed by atoms with Gasteiger partial charge in [0.05, 0.1) is 18.0 Å². The number of amides is 2. The second-order valence-electron chi connectivity index (χ2n) is 6.75. The van der Waals surface area contributed by atoms with Gasteiger partial charge in [-0.1, -0.05) is 17.7 Å². The number of nitrogens with one attached hydrogen (secondary N) is 1. The lowest BCUT2D eigenvalue weighted by Gasteiger charge is -2.29. The Kier molecular flexibility index (Phi) is 6.59. The van der Waals surface area contributed by atoms with E-state index < -0.39 is 5.82 Å². The number of nitrogens with zero attached hydrogens (tertiary/aromatic N) is 2. The van der Waals surface area contributed by atoms with Crippen LogP contribution in [0, 0.1) is 5.82 Å². The Bertz CT molecular complexity index is 907. The number of fused-ring (bicyclic) bond motifs is 1. The third-order valence-corrected chi connectivity index (χ3v) is 5.75. The fourth-order valence-electron chi connectivity index (χ4n) is 2.83. The summed E-state index contributed by atoms with van der Waals surface area (Å²) in [6.45, 7) is 1.49. The number of anilines is 1. The first kappa shape index (κ1) is 20.6. The van der Waals surface area contributed by atoms with E-state index in [0.29, 0.717) is 29.1 Å². The SMILES string of the molecule is CN(C)CCNC(=O)c1ccc2c(c1)N(Cc1ccc(F)cc1Cl)C(=O)CS2. The van der Waals surface area contributed by atoms with Gasteiger partial charge in [-0.05, 0) is 50.0 Å². The van der Waals surface area contributed by atoms with Crippen LogP contribution in [0.3, 0.4) is 0 Å². The van der Waals surface area contributed by atoms with Crippen molar-refractivity contribution in [2.75, 3.05) is 37.8 Å². The minimum Gasteiger partial charge on any atom is -0.351 e. The smallest absolute Gasteiger partial charge is 0.251 e. The molecule has 28 heavy (non-hydrogen) atoms. The average molecular weight is 422 g/mol. The molecule has 148 valence electrons. The molecule has 0 atom stereocenters. The number of thioether (sulfide) groups is 1. The Labute approximate surface area is 172 Å². The van der Waals surface area contributed by atoms with Crippen molar-refractivity contribution in [3.63, 3.8) is 0 Å². The molecule has 0 spiro atoms. The average Bonchev–Trinajstić information content (AvgIpc) is 2.65. The van der Waals surface area contributed by atoms with Gasteiger partial charge in [0, 0.05) is 28.6 Å². The molecule has 2 aromatic carbocycles. The zero-order chi connectivity index (χ0) is 20.3. The van der Waals surface area contributed by atoms with Crippen LogP contribution >= 0.6 is 23.4 Å². The fourth-order valence-corrected chi connectivity index (χ4v) is 3.98. The number of halogens is 2. The van der Waals surface area contributed by atoms with E-state index in [1.165, 1.54) is 23.9 Å². The van der Waals surface area contributed by atoms with E-state index in [4.69, 9.17) is 11.6 Å². The molecule has 2 aromatic rings. The molecule has 0 aliphatic carbocycles. The van der Waals surface area contributed by atoms with E-state index in [1.54, 1.807) is 23.1 Å². The maximum absolute atomic E-state index is 13.3. The maximum Gasteiger partial charge on any atom is 0.251 e. The van der Waals surface area contributed by atoms with Gasteiger partial charge in [-0.2, -0.15) is 0 Å². The molecule has 0 saturated carbocycles. The van der Waals surface area contributed by atoms with Crippen molar-refractivity contribution in [2.45, 2.75) is 11.4 Å². The summed E-state index contributed by atoms with van der Waals surface area (Å²) in [7, 11) is 3.87. The number of carbonyl (C=O) groups excluding carboxylic acids is 2. The third kappa shape index (κ3) is 4.84. The molecule has 0 saturated heterocycles. The molecule has 0 fully saturated rings. The summed E-state index contributed by atoms with van der Waals surface area (Å²) in [5.74, 6) is -0.387. The van der Waals surface area contributed by atoms with Crippen LogP contribution in [0.15, 0.2) is 41.3 Å². The first-order chi connectivity index (χ1) is 13.3. The number of likely N-dealkylation sites (N-methyl/N-ethyl adjacent to an activating group) is 1. The van der Waals surface area contributed by atoms with Gasteiger partial charge in [0.1, 0.15) is 5.82 Å². The first-order valence-electron chi connectivity index (χ1n) is 8.79. The van der Waals surface area contributed by atoms with Crippen LogP contribution in [0.1, 0.15) is 15.9 Å². The van der Waals surface area contributed by atoms with Gasteiger partial charge in [-0.15, -0.1) is 11.8 Å². The van der Waals surface area contributed by atoms with Crippen LogP contribution in [0.5, 0.6) is 0 Å². The highest BCUT2D eigenvalue weighted by atomic mass is 35.5. The number of hydrogen-bond donors (Lipinski definition) is 1. The fraction of sp³-hybridized carbons (Fsp3) is 0.300. The van der Waals surface area contributed by atoms with Gasteiger partial charge in [0.2, 0.25) is 5.91 Å². The third-order valence-electron chi connectivity index (χ3n) is 4.35. The highest BCUT2D eigenvalue weighted by Gasteiger charge is 2.26. The van der Waals surface area contributed by atoms with E-state index in [0.717, 1.165) is 11.4 Å². The molecule has 1 aliphatic rings. The van der Waals surface area contributed by atoms with Crippen LogP contribution in [-0.4, -0.2) is 49.7 Å². The zero-order valence-corrected chi connectivity index (χ0v) is 17.2. The lowest BCUT2D eigenvalue weighted by Crippen LogP contribution is -2.35. The van der Waals surface area contributed by atoms with Crippen LogP contribution in [0.4, 0.5) is 10.1 Å². The van der Waals surface area contributed by atoms with Crippen molar-refractivity contribution in [3.8, 4) is 0 Å². The summed E-state index contributed by atoms with van der Waals surface area (Å²) >= 11 is 7.57. The number of benzene rings is 2. The molecule has 5 nitrogen and oxygen atoms in total. The van der Waals surface area contributed by atoms with Crippen molar-refractivity contribution in [2.24, 2.45) is 0 Å². The first-order valence-corrected chi connectivity index (χ1v) is 10.2. The van der Waals surface area contributed by atoms with Gasteiger partial charge in [0.15, 0.2) is 0 Å². The minimum atomic E-state index is -0.425. The van der Waals surface area contributed by atoms with E-state index in [1.807, 2.05) is 25.1 Å². The highest BCUT2D eigenvalue weighted by molar-refractivity contribution is 8.00. The summed E-state index contributed by atoms with van der Waals surface area (Å²) in [4.78, 5) is 29.5. The summed E-state index contributed by atoms with van der Waals surface area (Å²) in [6, 6.07) is 9.46. The molecule has 3 rings (SSSR count). The number of carbonyl (C=O) groups is 2. The lowest BCUT2D eigenvalue weighted by molar-refractivity contribution is -0.116. The number of rotatable bonds is 6. The normalized spacial score (nSPS) is 13.6. The molecular formula is C20H21ClFN3O2S. The highest BCUT2D eigenvalue weighted by Crippen LogP contribution is 2.37. The van der Waals surface area contributed by atoms with Crippen molar-refractivity contribution >= 4 is 40.9 Å². The van der Waals surface area contributed by atoms with E-state index in [9.17, 15) is 14.0 Å². The quantitative estimate of drug-likeness (QED) is 0.776. The molecule has 1 aliphatic heterocycles. The Hall–Kier alpha value is -2.09.